The van der Waals surface area contributed by atoms with E-state index >= 15 is 0 Å². The number of aromatic nitrogens is 4. The predicted octanol–water partition coefficient (Wildman–Crippen LogP) is 1.83. The van der Waals surface area contributed by atoms with Crippen molar-refractivity contribution in [2.45, 2.75) is 39.2 Å². The largest absolute Gasteiger partial charge is 0.383 e. The van der Waals surface area contributed by atoms with E-state index in [1.807, 2.05) is 18.9 Å². The van der Waals surface area contributed by atoms with Gasteiger partial charge in [-0.2, -0.15) is 5.10 Å². The molecule has 0 spiro atoms. The zero-order chi connectivity index (χ0) is 20.1. The van der Waals surface area contributed by atoms with E-state index in [9.17, 15) is 4.79 Å². The second-order valence-electron chi connectivity index (χ2n) is 7.27. The van der Waals surface area contributed by atoms with Crippen LogP contribution in [-0.4, -0.2) is 60.1 Å². The van der Waals surface area contributed by atoms with Crippen molar-refractivity contribution < 1.29 is 4.74 Å². The topological polar surface area (TPSA) is 76.4 Å². The summed E-state index contributed by atoms with van der Waals surface area (Å²) in [5, 5.41) is 4.47. The number of methoxy groups -OCH3 is 1. The quantitative estimate of drug-likeness (QED) is 0.718. The summed E-state index contributed by atoms with van der Waals surface area (Å²) in [6, 6.07) is 3.75. The van der Waals surface area contributed by atoms with Crippen LogP contribution in [0, 0.1) is 6.92 Å². The minimum atomic E-state index is -0.0678. The third-order valence-corrected chi connectivity index (χ3v) is 5.19. The van der Waals surface area contributed by atoms with Gasteiger partial charge in [0, 0.05) is 51.6 Å². The van der Waals surface area contributed by atoms with Gasteiger partial charge in [0.15, 0.2) is 0 Å². The lowest BCUT2D eigenvalue weighted by atomic mass is 10.1. The van der Waals surface area contributed by atoms with Crippen LogP contribution in [0.4, 0.5) is 11.5 Å². The molecule has 1 saturated heterocycles. The van der Waals surface area contributed by atoms with Crippen molar-refractivity contribution in [3.8, 4) is 0 Å². The molecule has 8 heteroatoms. The highest BCUT2D eigenvalue weighted by molar-refractivity contribution is 5.42. The van der Waals surface area contributed by atoms with Crippen LogP contribution in [-0.2, 0) is 11.2 Å². The summed E-state index contributed by atoms with van der Waals surface area (Å²) in [5.74, 6) is 1.73. The number of ether oxygens (including phenoxy) is 1. The smallest absolute Gasteiger partial charge is 0.269 e. The Hall–Kier alpha value is -2.48. The molecule has 3 heterocycles. The van der Waals surface area contributed by atoms with E-state index in [4.69, 9.17) is 4.74 Å². The third kappa shape index (κ3) is 4.67. The lowest BCUT2D eigenvalue weighted by Crippen LogP contribution is -2.41. The zero-order valence-corrected chi connectivity index (χ0v) is 17.3. The molecule has 0 aromatic carbocycles. The molecule has 2 aromatic rings. The number of nitrogens with zero attached hydrogens (tertiary/aromatic N) is 6. The second-order valence-corrected chi connectivity index (χ2v) is 7.27. The summed E-state index contributed by atoms with van der Waals surface area (Å²) in [5.41, 5.74) is 1.79. The zero-order valence-electron chi connectivity index (χ0n) is 17.3. The van der Waals surface area contributed by atoms with E-state index in [2.05, 4.69) is 33.0 Å². The number of hydrogen-bond acceptors (Lipinski definition) is 7. The van der Waals surface area contributed by atoms with Gasteiger partial charge >= 0.3 is 0 Å². The molecule has 1 atom stereocenters. The minimum Gasteiger partial charge on any atom is -0.383 e. The number of aryl methyl sites for hydroxylation is 2. The second kappa shape index (κ2) is 9.14. The van der Waals surface area contributed by atoms with Gasteiger partial charge in [0.25, 0.3) is 5.56 Å². The van der Waals surface area contributed by atoms with Crippen LogP contribution in [0.25, 0.3) is 0 Å². The Morgan fingerprint density at radius 2 is 2.14 bits per heavy atom. The fourth-order valence-electron chi connectivity index (χ4n) is 3.57. The number of anilines is 2. The molecule has 2 aromatic heterocycles. The average Bonchev–Trinajstić information content (AvgIpc) is 2.71. The normalized spacial score (nSPS) is 17.0. The van der Waals surface area contributed by atoms with Gasteiger partial charge in [-0.1, -0.05) is 6.92 Å². The Morgan fingerprint density at radius 1 is 1.32 bits per heavy atom. The molecular weight excluding hydrogens is 356 g/mol. The first-order valence-electron chi connectivity index (χ1n) is 9.90. The summed E-state index contributed by atoms with van der Waals surface area (Å²) in [4.78, 5) is 26.0. The van der Waals surface area contributed by atoms with Crippen LogP contribution in [0.15, 0.2) is 23.1 Å². The predicted molar refractivity (Wildman–Crippen MR) is 110 cm³/mol. The van der Waals surface area contributed by atoms with Crippen molar-refractivity contribution in [2.24, 2.45) is 0 Å². The first kappa shape index (κ1) is 20.3. The van der Waals surface area contributed by atoms with E-state index < -0.39 is 0 Å². The molecule has 0 bridgehead atoms. The van der Waals surface area contributed by atoms with Gasteiger partial charge in [0.05, 0.1) is 24.5 Å². The molecule has 0 saturated carbocycles. The Balaban J connectivity index is 1.77. The van der Waals surface area contributed by atoms with Crippen LogP contribution in [0.1, 0.15) is 37.3 Å². The Kier molecular flexibility index (Phi) is 6.61. The van der Waals surface area contributed by atoms with Crippen LogP contribution in [0.2, 0.25) is 0 Å². The van der Waals surface area contributed by atoms with Crippen LogP contribution in [0.3, 0.4) is 0 Å². The summed E-state index contributed by atoms with van der Waals surface area (Å²) >= 11 is 0. The standard InChI is InChI=1S/C20H30N6O2/c1-5-16-11-19(23-15(2)22-16)25-8-6-7-17(14-25)26-20(27)12-18(13-21-26)24(3)9-10-28-4/h11-13,17H,5-10,14H2,1-4H3/t17-/m0/s1. The molecule has 8 nitrogen and oxygen atoms in total. The lowest BCUT2D eigenvalue weighted by Gasteiger charge is -2.34. The van der Waals surface area contributed by atoms with Gasteiger partial charge in [0.2, 0.25) is 0 Å². The van der Waals surface area contributed by atoms with E-state index in [1.54, 1.807) is 24.1 Å². The van der Waals surface area contributed by atoms with Crippen molar-refractivity contribution in [1.29, 1.82) is 0 Å². The molecule has 1 aliphatic heterocycles. The minimum absolute atomic E-state index is 0.0416. The van der Waals surface area contributed by atoms with Crippen molar-refractivity contribution in [3.05, 3.63) is 40.2 Å². The molecule has 0 aliphatic carbocycles. The first-order chi connectivity index (χ1) is 13.5. The summed E-state index contributed by atoms with van der Waals surface area (Å²) < 4.78 is 6.72. The lowest BCUT2D eigenvalue weighted by molar-refractivity contribution is 0.206. The molecule has 0 unspecified atom stereocenters. The monoisotopic (exact) mass is 386 g/mol. The van der Waals surface area contributed by atoms with E-state index in [1.165, 1.54) is 0 Å². The fraction of sp³-hybridized carbons (Fsp3) is 0.600. The van der Waals surface area contributed by atoms with Crippen molar-refractivity contribution >= 4 is 11.5 Å². The third-order valence-electron chi connectivity index (χ3n) is 5.19. The van der Waals surface area contributed by atoms with Crippen LogP contribution < -0.4 is 15.4 Å². The summed E-state index contributed by atoms with van der Waals surface area (Å²) in [6.07, 6.45) is 4.58. The molecule has 152 valence electrons. The molecule has 3 rings (SSSR count). The molecule has 0 N–H and O–H groups in total. The summed E-state index contributed by atoms with van der Waals surface area (Å²) in [6.45, 7) is 7.00. The van der Waals surface area contributed by atoms with Gasteiger partial charge < -0.3 is 14.5 Å². The molecule has 1 fully saturated rings. The van der Waals surface area contributed by atoms with Crippen LogP contribution >= 0.6 is 0 Å². The number of piperidine rings is 1. The van der Waals surface area contributed by atoms with Gasteiger partial charge in [-0.25, -0.2) is 14.6 Å². The highest BCUT2D eigenvalue weighted by Gasteiger charge is 2.24. The highest BCUT2D eigenvalue weighted by atomic mass is 16.5. The number of hydrogen-bond donors (Lipinski definition) is 0. The Morgan fingerprint density at radius 3 is 2.86 bits per heavy atom. The SMILES string of the molecule is CCc1cc(N2CCC[C@H](n3ncc(N(C)CCOC)cc3=O)C2)nc(C)n1. The van der Waals surface area contributed by atoms with Crippen molar-refractivity contribution in [1.82, 2.24) is 19.7 Å². The molecular formula is C20H30N6O2. The van der Waals surface area contributed by atoms with Gasteiger partial charge in [-0.3, -0.25) is 4.79 Å². The summed E-state index contributed by atoms with van der Waals surface area (Å²) in [7, 11) is 3.60. The average molecular weight is 387 g/mol. The molecule has 0 radical (unpaired) electrons. The molecule has 28 heavy (non-hydrogen) atoms. The van der Waals surface area contributed by atoms with Gasteiger partial charge in [-0.05, 0) is 26.2 Å². The molecule has 1 aliphatic rings. The molecule has 0 amide bonds. The number of likely N-dealkylation sites (N-methyl/N-ethyl adjacent to an activating group) is 1. The van der Waals surface area contributed by atoms with Gasteiger partial charge in [0.1, 0.15) is 11.6 Å². The van der Waals surface area contributed by atoms with E-state index in [-0.39, 0.29) is 11.6 Å². The Labute approximate surface area is 166 Å². The highest BCUT2D eigenvalue weighted by Crippen LogP contribution is 2.24. The van der Waals surface area contributed by atoms with Crippen molar-refractivity contribution in [2.75, 3.05) is 50.2 Å². The number of rotatable bonds is 7. The van der Waals surface area contributed by atoms with Gasteiger partial charge in [-0.15, -0.1) is 0 Å². The maximum atomic E-state index is 12.7. The fourth-order valence-corrected chi connectivity index (χ4v) is 3.57. The maximum absolute atomic E-state index is 12.7. The Bertz CT molecular complexity index is 853. The van der Waals surface area contributed by atoms with E-state index in [0.717, 1.165) is 55.4 Å². The van der Waals surface area contributed by atoms with Crippen molar-refractivity contribution in [3.63, 3.8) is 0 Å². The van der Waals surface area contributed by atoms with E-state index in [0.29, 0.717) is 13.2 Å². The van der Waals surface area contributed by atoms with Crippen LogP contribution in [0.5, 0.6) is 0 Å². The first-order valence-corrected chi connectivity index (χ1v) is 9.90. The maximum Gasteiger partial charge on any atom is 0.269 e.